The van der Waals surface area contributed by atoms with Crippen molar-refractivity contribution in [2.24, 2.45) is 0 Å². The Balaban J connectivity index is 2.63. The van der Waals surface area contributed by atoms with Crippen LogP contribution in [0.3, 0.4) is 0 Å². The van der Waals surface area contributed by atoms with Crippen molar-refractivity contribution < 1.29 is 23.5 Å². The molecule has 0 spiro atoms. The number of amides is 1. The van der Waals surface area contributed by atoms with Crippen molar-refractivity contribution in [2.75, 3.05) is 18.4 Å². The lowest BCUT2D eigenvalue weighted by Gasteiger charge is -2.08. The summed E-state index contributed by atoms with van der Waals surface area (Å²) in [5.41, 5.74) is 0.0747. The number of alkyl halides is 2. The zero-order chi connectivity index (χ0) is 14.4. The number of halogens is 3. The quantitative estimate of drug-likeness (QED) is 0.747. The van der Waals surface area contributed by atoms with Crippen LogP contribution in [0.5, 0.6) is 0 Å². The molecule has 1 aromatic carbocycles. The Morgan fingerprint density at radius 2 is 2.05 bits per heavy atom. The van der Waals surface area contributed by atoms with Crippen molar-refractivity contribution >= 4 is 29.2 Å². The van der Waals surface area contributed by atoms with E-state index in [0.29, 0.717) is 0 Å². The van der Waals surface area contributed by atoms with Crippen LogP contribution < -0.4 is 10.6 Å². The van der Waals surface area contributed by atoms with Crippen molar-refractivity contribution in [1.29, 1.82) is 0 Å². The largest absolute Gasteiger partial charge is 0.478 e. The third-order valence-corrected chi connectivity index (χ3v) is 2.40. The first-order chi connectivity index (χ1) is 8.90. The summed E-state index contributed by atoms with van der Waals surface area (Å²) in [5, 5.41) is 13.5. The van der Waals surface area contributed by atoms with Crippen LogP contribution >= 0.6 is 11.6 Å². The number of aromatic carboxylic acids is 1. The number of nitrogens with one attached hydrogen (secondary N) is 2. The third-order valence-electron chi connectivity index (χ3n) is 2.07. The highest BCUT2D eigenvalue weighted by Gasteiger charge is 2.10. The molecular formula is C11H11ClF2N2O3. The van der Waals surface area contributed by atoms with Crippen LogP contribution in [0.4, 0.5) is 14.5 Å². The highest BCUT2D eigenvalue weighted by molar-refractivity contribution is 6.33. The minimum atomic E-state index is -2.55. The highest BCUT2D eigenvalue weighted by Crippen LogP contribution is 2.22. The molecule has 0 heterocycles. The van der Waals surface area contributed by atoms with E-state index in [4.69, 9.17) is 16.7 Å². The summed E-state index contributed by atoms with van der Waals surface area (Å²) in [6, 6.07) is 3.80. The Morgan fingerprint density at radius 3 is 2.63 bits per heavy atom. The smallest absolute Gasteiger partial charge is 0.335 e. The topological polar surface area (TPSA) is 78.4 Å². The molecule has 0 fully saturated rings. The van der Waals surface area contributed by atoms with Crippen molar-refractivity contribution in [3.05, 3.63) is 28.8 Å². The average molecular weight is 293 g/mol. The predicted molar refractivity (Wildman–Crippen MR) is 65.9 cm³/mol. The number of carbonyl (C=O) groups excluding carboxylic acids is 1. The van der Waals surface area contributed by atoms with Crippen LogP contribution in [0.25, 0.3) is 0 Å². The number of carbonyl (C=O) groups is 2. The van der Waals surface area contributed by atoms with Gasteiger partial charge in [-0.05, 0) is 18.2 Å². The molecule has 0 atom stereocenters. The lowest BCUT2D eigenvalue weighted by atomic mass is 10.2. The molecule has 0 bridgehead atoms. The van der Waals surface area contributed by atoms with E-state index >= 15 is 0 Å². The fourth-order valence-corrected chi connectivity index (χ4v) is 1.41. The molecule has 1 amide bonds. The van der Waals surface area contributed by atoms with E-state index in [2.05, 4.69) is 10.6 Å². The van der Waals surface area contributed by atoms with Crippen LogP contribution in [0.15, 0.2) is 18.2 Å². The number of carboxylic acids is 1. The molecule has 8 heteroatoms. The lowest BCUT2D eigenvalue weighted by molar-refractivity contribution is -0.115. The Labute approximate surface area is 112 Å². The van der Waals surface area contributed by atoms with Crippen LogP contribution in [-0.4, -0.2) is 36.5 Å². The molecule has 1 rings (SSSR count). The Morgan fingerprint density at radius 1 is 1.37 bits per heavy atom. The van der Waals surface area contributed by atoms with Gasteiger partial charge in [-0.2, -0.15) is 0 Å². The summed E-state index contributed by atoms with van der Waals surface area (Å²) in [6.07, 6.45) is -2.55. The molecule has 1 aromatic rings. The highest BCUT2D eigenvalue weighted by atomic mass is 35.5. The van der Waals surface area contributed by atoms with Gasteiger partial charge in [0.1, 0.15) is 0 Å². The number of rotatable bonds is 6. The van der Waals surface area contributed by atoms with Gasteiger partial charge >= 0.3 is 5.97 Å². The second-order valence-corrected chi connectivity index (χ2v) is 3.98. The van der Waals surface area contributed by atoms with Gasteiger partial charge in [0.2, 0.25) is 5.91 Å². The molecule has 104 valence electrons. The molecule has 0 saturated heterocycles. The van der Waals surface area contributed by atoms with Gasteiger partial charge in [-0.1, -0.05) is 11.6 Å². The second kappa shape index (κ2) is 7.01. The van der Waals surface area contributed by atoms with Crippen molar-refractivity contribution in [3.63, 3.8) is 0 Å². The maximum absolute atomic E-state index is 11.8. The normalized spacial score (nSPS) is 10.5. The third kappa shape index (κ3) is 5.19. The standard InChI is InChI=1S/C11H11ClF2N2O3/c12-7-2-1-6(11(18)19)3-8(7)16-10(17)5-15-4-9(13)14/h1-3,9,15H,4-5H2,(H,16,17)(H,18,19). The number of hydrogen-bond donors (Lipinski definition) is 3. The van der Waals surface area contributed by atoms with Gasteiger partial charge in [0, 0.05) is 0 Å². The van der Waals surface area contributed by atoms with Crippen molar-refractivity contribution in [3.8, 4) is 0 Å². The van der Waals surface area contributed by atoms with E-state index in [0.717, 1.165) is 0 Å². The summed E-state index contributed by atoms with van der Waals surface area (Å²) in [5.74, 6) is -1.76. The molecule has 0 aliphatic heterocycles. The molecule has 0 saturated carbocycles. The van der Waals surface area contributed by atoms with Crippen LogP contribution in [-0.2, 0) is 4.79 Å². The minimum absolute atomic E-state index is 0.0414. The average Bonchev–Trinajstić information content (AvgIpc) is 2.31. The fourth-order valence-electron chi connectivity index (χ4n) is 1.24. The lowest BCUT2D eigenvalue weighted by Crippen LogP contribution is -2.31. The molecule has 0 aliphatic carbocycles. The van der Waals surface area contributed by atoms with Crippen LogP contribution in [0.2, 0.25) is 5.02 Å². The predicted octanol–water partition coefficient (Wildman–Crippen LogP) is 1.83. The van der Waals surface area contributed by atoms with E-state index in [1.54, 1.807) is 0 Å². The minimum Gasteiger partial charge on any atom is -0.478 e. The first-order valence-electron chi connectivity index (χ1n) is 5.21. The molecule has 5 nitrogen and oxygen atoms in total. The van der Waals surface area contributed by atoms with Gasteiger partial charge in [-0.3, -0.25) is 4.79 Å². The summed E-state index contributed by atoms with van der Waals surface area (Å²) in [4.78, 5) is 22.1. The fraction of sp³-hybridized carbons (Fsp3) is 0.273. The van der Waals surface area contributed by atoms with E-state index in [-0.39, 0.29) is 22.8 Å². The monoisotopic (exact) mass is 292 g/mol. The first kappa shape index (κ1) is 15.3. The number of anilines is 1. The van der Waals surface area contributed by atoms with Gasteiger partial charge in [0.25, 0.3) is 6.43 Å². The Kier molecular flexibility index (Phi) is 5.65. The zero-order valence-electron chi connectivity index (χ0n) is 9.62. The molecule has 3 N–H and O–H groups in total. The number of benzene rings is 1. The van der Waals surface area contributed by atoms with Gasteiger partial charge in [0.05, 0.1) is 29.4 Å². The Bertz CT molecular complexity index is 483. The molecule has 0 radical (unpaired) electrons. The summed E-state index contributed by atoms with van der Waals surface area (Å²) >= 11 is 5.78. The van der Waals surface area contributed by atoms with Crippen molar-refractivity contribution in [1.82, 2.24) is 5.32 Å². The van der Waals surface area contributed by atoms with E-state index in [1.165, 1.54) is 18.2 Å². The van der Waals surface area contributed by atoms with Gasteiger partial charge in [-0.25, -0.2) is 13.6 Å². The van der Waals surface area contributed by atoms with Crippen molar-refractivity contribution in [2.45, 2.75) is 6.43 Å². The zero-order valence-corrected chi connectivity index (χ0v) is 10.4. The van der Waals surface area contributed by atoms with Crippen LogP contribution in [0.1, 0.15) is 10.4 Å². The maximum Gasteiger partial charge on any atom is 0.335 e. The number of hydrogen-bond acceptors (Lipinski definition) is 3. The SMILES string of the molecule is O=C(CNCC(F)F)Nc1cc(C(=O)O)ccc1Cl. The number of carboxylic acid groups (broad SMARTS) is 1. The van der Waals surface area contributed by atoms with E-state index in [1.807, 2.05) is 0 Å². The first-order valence-corrected chi connectivity index (χ1v) is 5.59. The summed E-state index contributed by atoms with van der Waals surface area (Å²) in [7, 11) is 0. The van der Waals surface area contributed by atoms with E-state index < -0.39 is 24.8 Å². The molecule has 0 aliphatic rings. The second-order valence-electron chi connectivity index (χ2n) is 3.57. The summed E-state index contributed by atoms with van der Waals surface area (Å²) in [6.45, 7) is -0.922. The maximum atomic E-state index is 11.8. The Hall–Kier alpha value is -1.73. The van der Waals surface area contributed by atoms with E-state index in [9.17, 15) is 18.4 Å². The van der Waals surface area contributed by atoms with Gasteiger partial charge in [-0.15, -0.1) is 0 Å². The summed E-state index contributed by atoms with van der Waals surface area (Å²) < 4.78 is 23.7. The molecule has 0 aromatic heterocycles. The molecular weight excluding hydrogens is 282 g/mol. The molecule has 0 unspecified atom stereocenters. The van der Waals surface area contributed by atoms with Crippen LogP contribution in [0, 0.1) is 0 Å². The van der Waals surface area contributed by atoms with Gasteiger partial charge < -0.3 is 15.7 Å². The molecule has 19 heavy (non-hydrogen) atoms. The van der Waals surface area contributed by atoms with Gasteiger partial charge in [0.15, 0.2) is 0 Å².